The number of fused-ring (bicyclic) bond motifs is 2. The second kappa shape index (κ2) is 8.87. The van der Waals surface area contributed by atoms with E-state index in [0.717, 1.165) is 11.3 Å². The van der Waals surface area contributed by atoms with Crippen molar-refractivity contribution in [1.82, 2.24) is 9.97 Å². The Morgan fingerprint density at radius 2 is 2.12 bits per heavy atom. The largest absolute Gasteiger partial charge is 0.474 e. The number of aliphatic hydroxyl groups excluding tert-OH is 1. The number of nitrogens with zero attached hydrogens (tertiary/aromatic N) is 2. The van der Waals surface area contributed by atoms with Crippen molar-refractivity contribution in [2.45, 2.75) is 32.0 Å². The summed E-state index contributed by atoms with van der Waals surface area (Å²) in [5.41, 5.74) is 8.43. The molecule has 0 spiro atoms. The first-order valence-electron chi connectivity index (χ1n) is 10.3. The van der Waals surface area contributed by atoms with Gasteiger partial charge in [-0.2, -0.15) is 0 Å². The summed E-state index contributed by atoms with van der Waals surface area (Å²) in [5, 5.41) is 16.4. The lowest BCUT2D eigenvalue weighted by molar-refractivity contribution is -0.0561. The monoisotopic (exact) mass is 475 g/mol. The van der Waals surface area contributed by atoms with Crippen LogP contribution in [0.25, 0.3) is 21.9 Å². The van der Waals surface area contributed by atoms with E-state index in [4.69, 9.17) is 15.2 Å². The highest BCUT2D eigenvalue weighted by Gasteiger charge is 2.32. The molecule has 1 saturated carbocycles. The fourth-order valence-corrected chi connectivity index (χ4v) is 3.92. The number of ether oxygens (including phenoxy) is 2. The summed E-state index contributed by atoms with van der Waals surface area (Å²) >= 11 is 0. The molecule has 1 fully saturated rings. The molecule has 11 heteroatoms. The summed E-state index contributed by atoms with van der Waals surface area (Å²) < 4.78 is 25.9. The topological polar surface area (TPSA) is 132 Å². The van der Waals surface area contributed by atoms with Crippen molar-refractivity contribution in [2.75, 3.05) is 29.5 Å². The standard InChI is InChI=1S/C22H22FN5O4.ClH/c1-10-13(8-27-21-20(10)25-4-5-31-21)12-6-11-7-17(26-9-14(11)19(24)18(12)23)28-22(30)32-16-3-2-15(16)29;/h6-9,15-16,25,29H,2-5,24H2,1H3,(H,26,28,30);1H/t15-,16-;/m0./s1. The van der Waals surface area contributed by atoms with Crippen LogP contribution in [0.5, 0.6) is 5.88 Å². The number of aliphatic hydroxyl groups is 1. The van der Waals surface area contributed by atoms with Gasteiger partial charge in [-0.3, -0.25) is 5.32 Å². The Morgan fingerprint density at radius 3 is 2.85 bits per heavy atom. The fourth-order valence-electron chi connectivity index (χ4n) is 3.92. The number of hydrogen-bond acceptors (Lipinski definition) is 8. The number of nitrogen functional groups attached to an aromatic ring is 1. The van der Waals surface area contributed by atoms with Crippen LogP contribution < -0.4 is 21.1 Å². The van der Waals surface area contributed by atoms with Gasteiger partial charge in [0.15, 0.2) is 5.82 Å². The lowest BCUT2D eigenvalue weighted by Gasteiger charge is -2.31. The van der Waals surface area contributed by atoms with E-state index in [-0.39, 0.29) is 29.5 Å². The van der Waals surface area contributed by atoms with Crippen LogP contribution in [0.3, 0.4) is 0 Å². The molecule has 174 valence electrons. The molecule has 3 aromatic rings. The molecule has 1 aromatic carbocycles. The predicted octanol–water partition coefficient (Wildman–Crippen LogP) is 3.62. The number of benzene rings is 1. The molecule has 5 rings (SSSR count). The van der Waals surface area contributed by atoms with Gasteiger partial charge in [-0.25, -0.2) is 19.2 Å². The minimum atomic E-state index is -0.711. The lowest BCUT2D eigenvalue weighted by Crippen LogP contribution is -2.41. The number of rotatable bonds is 3. The molecular weight excluding hydrogens is 453 g/mol. The quantitative estimate of drug-likeness (QED) is 0.422. The fraction of sp³-hybridized carbons (Fsp3) is 0.318. The van der Waals surface area contributed by atoms with Gasteiger partial charge in [-0.15, -0.1) is 12.4 Å². The van der Waals surface area contributed by atoms with Gasteiger partial charge in [0.25, 0.3) is 0 Å². The highest BCUT2D eigenvalue weighted by Crippen LogP contribution is 2.39. The Kier molecular flexibility index (Phi) is 6.13. The number of carbonyl (C=O) groups excluding carboxylic acids is 1. The first kappa shape index (κ1) is 22.8. The van der Waals surface area contributed by atoms with Crippen LogP contribution in [-0.4, -0.2) is 46.5 Å². The smallest absolute Gasteiger partial charge is 0.413 e. The van der Waals surface area contributed by atoms with Gasteiger partial charge >= 0.3 is 6.09 Å². The first-order valence-corrected chi connectivity index (χ1v) is 10.3. The Bertz CT molecular complexity index is 1240. The minimum Gasteiger partial charge on any atom is -0.474 e. The first-order chi connectivity index (χ1) is 15.4. The average molecular weight is 476 g/mol. The van der Waals surface area contributed by atoms with Crippen LogP contribution in [0.1, 0.15) is 18.4 Å². The SMILES string of the molecule is Cc1c(-c2cc3cc(NC(=O)O[C@H]4CC[C@@H]4O)ncc3c(N)c2F)cnc2c1NCCO2.Cl. The van der Waals surface area contributed by atoms with Crippen molar-refractivity contribution in [3.63, 3.8) is 0 Å². The number of anilines is 3. The molecule has 2 aliphatic rings. The van der Waals surface area contributed by atoms with Gasteiger partial charge in [0.05, 0.1) is 11.8 Å². The molecular formula is C22H23ClFN5O4. The Hall–Kier alpha value is -3.37. The van der Waals surface area contributed by atoms with Crippen LogP contribution in [0.15, 0.2) is 24.5 Å². The summed E-state index contributed by atoms with van der Waals surface area (Å²) in [4.78, 5) is 20.5. The second-order valence-corrected chi connectivity index (χ2v) is 7.91. The Morgan fingerprint density at radius 1 is 1.30 bits per heavy atom. The average Bonchev–Trinajstić information content (AvgIpc) is 2.79. The number of nitrogens with one attached hydrogen (secondary N) is 2. The third-order valence-corrected chi connectivity index (χ3v) is 5.90. The molecule has 2 aromatic heterocycles. The van der Waals surface area contributed by atoms with Crippen molar-refractivity contribution in [2.24, 2.45) is 0 Å². The summed E-state index contributed by atoms with van der Waals surface area (Å²) in [6, 6.07) is 3.24. The van der Waals surface area contributed by atoms with E-state index in [0.29, 0.717) is 48.2 Å². The van der Waals surface area contributed by atoms with Crippen molar-refractivity contribution in [3.8, 4) is 17.0 Å². The number of amides is 1. The number of halogens is 2. The van der Waals surface area contributed by atoms with Gasteiger partial charge in [0, 0.05) is 35.5 Å². The summed E-state index contributed by atoms with van der Waals surface area (Å²) in [6.07, 6.45) is 2.33. The maximum atomic E-state index is 15.2. The van der Waals surface area contributed by atoms with Gasteiger partial charge in [-0.05, 0) is 42.8 Å². The van der Waals surface area contributed by atoms with Crippen molar-refractivity contribution >= 4 is 46.5 Å². The highest BCUT2D eigenvalue weighted by atomic mass is 35.5. The van der Waals surface area contributed by atoms with Crippen LogP contribution in [0.4, 0.5) is 26.4 Å². The molecule has 33 heavy (non-hydrogen) atoms. The second-order valence-electron chi connectivity index (χ2n) is 7.91. The van der Waals surface area contributed by atoms with E-state index in [1.54, 1.807) is 18.3 Å². The van der Waals surface area contributed by atoms with Gasteiger partial charge in [0.1, 0.15) is 24.2 Å². The zero-order chi connectivity index (χ0) is 22.4. The van der Waals surface area contributed by atoms with Crippen LogP contribution in [-0.2, 0) is 4.74 Å². The summed E-state index contributed by atoms with van der Waals surface area (Å²) in [6.45, 7) is 3.01. The van der Waals surface area contributed by atoms with Gasteiger partial charge in [0.2, 0.25) is 5.88 Å². The van der Waals surface area contributed by atoms with E-state index in [1.165, 1.54) is 6.20 Å². The lowest BCUT2D eigenvalue weighted by atomic mass is 9.92. The minimum absolute atomic E-state index is 0. The number of hydrogen-bond donors (Lipinski definition) is 4. The maximum Gasteiger partial charge on any atom is 0.413 e. The Labute approximate surface area is 194 Å². The van der Waals surface area contributed by atoms with Crippen LogP contribution in [0.2, 0.25) is 0 Å². The molecule has 0 radical (unpaired) electrons. The molecule has 1 amide bonds. The molecule has 0 bridgehead atoms. The highest BCUT2D eigenvalue weighted by molar-refractivity contribution is 5.99. The third-order valence-electron chi connectivity index (χ3n) is 5.90. The molecule has 2 atom stereocenters. The van der Waals surface area contributed by atoms with Crippen molar-refractivity contribution in [3.05, 3.63) is 35.9 Å². The zero-order valence-electron chi connectivity index (χ0n) is 17.7. The van der Waals surface area contributed by atoms with Gasteiger partial charge in [-0.1, -0.05) is 0 Å². The maximum absolute atomic E-state index is 15.2. The van der Waals surface area contributed by atoms with E-state index in [1.807, 2.05) is 6.92 Å². The molecule has 1 aliphatic carbocycles. The molecule has 3 heterocycles. The van der Waals surface area contributed by atoms with E-state index in [2.05, 4.69) is 20.6 Å². The van der Waals surface area contributed by atoms with Crippen molar-refractivity contribution < 1.29 is 23.8 Å². The number of pyridine rings is 2. The molecule has 1 aliphatic heterocycles. The normalized spacial score (nSPS) is 18.8. The zero-order valence-corrected chi connectivity index (χ0v) is 18.5. The Balaban J connectivity index is 0.00000259. The van der Waals surface area contributed by atoms with Gasteiger partial charge < -0.3 is 25.6 Å². The van der Waals surface area contributed by atoms with E-state index >= 15 is 4.39 Å². The number of nitrogens with two attached hydrogens (primary N) is 1. The molecule has 0 unspecified atom stereocenters. The third kappa shape index (κ3) is 4.07. The van der Waals surface area contributed by atoms with Crippen molar-refractivity contribution in [1.29, 1.82) is 0 Å². The number of aromatic nitrogens is 2. The summed E-state index contributed by atoms with van der Waals surface area (Å²) in [7, 11) is 0. The van der Waals surface area contributed by atoms with E-state index in [9.17, 15) is 9.90 Å². The molecule has 5 N–H and O–H groups in total. The number of carbonyl (C=O) groups is 1. The summed E-state index contributed by atoms with van der Waals surface area (Å²) in [5.74, 6) is 0.140. The van der Waals surface area contributed by atoms with E-state index < -0.39 is 24.1 Å². The molecule has 0 saturated heterocycles. The van der Waals surface area contributed by atoms with Crippen LogP contribution >= 0.6 is 12.4 Å². The molecule has 9 nitrogen and oxygen atoms in total. The predicted molar refractivity (Wildman–Crippen MR) is 124 cm³/mol. The van der Waals surface area contributed by atoms with Crippen LogP contribution in [0, 0.1) is 12.7 Å².